The highest BCUT2D eigenvalue weighted by Crippen LogP contribution is 2.41. The van der Waals surface area contributed by atoms with Crippen molar-refractivity contribution in [3.63, 3.8) is 0 Å². The molecule has 0 amide bonds. The van der Waals surface area contributed by atoms with Gasteiger partial charge in [-0.1, -0.05) is 59.9 Å². The van der Waals surface area contributed by atoms with Crippen molar-refractivity contribution in [1.82, 2.24) is 4.57 Å². The molecule has 35 heavy (non-hydrogen) atoms. The van der Waals surface area contributed by atoms with Crippen molar-refractivity contribution in [2.45, 2.75) is 18.9 Å². The average molecular weight is 482 g/mol. The Bertz CT molecular complexity index is 1730. The largest absolute Gasteiger partial charge is 0.508 e. The van der Waals surface area contributed by atoms with Crippen molar-refractivity contribution in [3.05, 3.63) is 130 Å². The lowest BCUT2D eigenvalue weighted by Crippen LogP contribution is -2.38. The van der Waals surface area contributed by atoms with Crippen molar-refractivity contribution in [2.75, 3.05) is 0 Å². The highest BCUT2D eigenvalue weighted by molar-refractivity contribution is 7.07. The molecule has 0 spiro atoms. The van der Waals surface area contributed by atoms with Gasteiger partial charge in [0.25, 0.3) is 11.2 Å². The van der Waals surface area contributed by atoms with Crippen molar-refractivity contribution in [1.29, 1.82) is 0 Å². The summed E-state index contributed by atoms with van der Waals surface area (Å²) in [6.45, 7) is 0. The molecule has 1 aromatic heterocycles. The van der Waals surface area contributed by atoms with Crippen LogP contribution in [0, 0.1) is 10.1 Å². The summed E-state index contributed by atoms with van der Waals surface area (Å²) in [6, 6.07) is 20.8. The summed E-state index contributed by atoms with van der Waals surface area (Å²) in [7, 11) is 0. The zero-order valence-electron chi connectivity index (χ0n) is 18.4. The monoisotopic (exact) mass is 481 g/mol. The molecule has 1 atom stereocenters. The van der Waals surface area contributed by atoms with Crippen molar-refractivity contribution < 1.29 is 10.0 Å². The van der Waals surface area contributed by atoms with Gasteiger partial charge in [-0.15, -0.1) is 0 Å². The first-order valence-corrected chi connectivity index (χ1v) is 12.0. The zero-order chi connectivity index (χ0) is 24.1. The van der Waals surface area contributed by atoms with Crippen molar-refractivity contribution in [3.8, 4) is 5.75 Å². The Morgan fingerprint density at radius 2 is 1.89 bits per heavy atom. The highest BCUT2D eigenvalue weighted by Gasteiger charge is 2.33. The van der Waals surface area contributed by atoms with E-state index in [4.69, 9.17) is 4.99 Å². The lowest BCUT2D eigenvalue weighted by atomic mass is 9.83. The van der Waals surface area contributed by atoms with Crippen LogP contribution in [-0.4, -0.2) is 14.6 Å². The SMILES string of the molecule is O=c1c(=Cc2cccc(O)c2)sc2n1C(c1cccc([N+](=O)[O-])c1)C1=C(N=2)c2ccccc2CC1. The molecular weight excluding hydrogens is 462 g/mol. The maximum atomic E-state index is 13.7. The number of aromatic hydroxyl groups is 1. The van der Waals surface area contributed by atoms with Crippen LogP contribution < -0.4 is 14.9 Å². The topological polar surface area (TPSA) is 97.7 Å². The van der Waals surface area contributed by atoms with E-state index in [2.05, 4.69) is 6.07 Å². The van der Waals surface area contributed by atoms with Gasteiger partial charge in [0, 0.05) is 17.7 Å². The normalized spacial score (nSPS) is 16.8. The van der Waals surface area contributed by atoms with Gasteiger partial charge in [-0.05, 0) is 53.3 Å². The summed E-state index contributed by atoms with van der Waals surface area (Å²) >= 11 is 1.28. The van der Waals surface area contributed by atoms with Crippen LogP contribution in [0.15, 0.2) is 88.2 Å². The predicted molar refractivity (Wildman–Crippen MR) is 134 cm³/mol. The third kappa shape index (κ3) is 3.59. The molecule has 7 nitrogen and oxygen atoms in total. The summed E-state index contributed by atoms with van der Waals surface area (Å²) in [5.41, 5.74) is 5.23. The summed E-state index contributed by atoms with van der Waals surface area (Å²) < 4.78 is 2.14. The second-order valence-electron chi connectivity index (χ2n) is 8.56. The van der Waals surface area contributed by atoms with Crippen LogP contribution in [0.4, 0.5) is 5.69 Å². The summed E-state index contributed by atoms with van der Waals surface area (Å²) in [6.07, 6.45) is 3.26. The number of rotatable bonds is 3. The maximum absolute atomic E-state index is 13.7. The van der Waals surface area contributed by atoms with Gasteiger partial charge in [0.2, 0.25) is 0 Å². The smallest absolute Gasteiger partial charge is 0.271 e. The number of aromatic nitrogens is 1. The molecule has 2 heterocycles. The van der Waals surface area contributed by atoms with E-state index in [1.807, 2.05) is 30.3 Å². The highest BCUT2D eigenvalue weighted by atomic mass is 32.1. The van der Waals surface area contributed by atoms with E-state index in [0.717, 1.165) is 23.3 Å². The fourth-order valence-corrected chi connectivity index (χ4v) is 5.90. The van der Waals surface area contributed by atoms with Gasteiger partial charge in [-0.2, -0.15) is 0 Å². The number of thiazole rings is 1. The molecule has 1 aliphatic heterocycles. The number of hydrogen-bond donors (Lipinski definition) is 1. The van der Waals surface area contributed by atoms with Crippen LogP contribution in [0.1, 0.15) is 34.7 Å². The number of phenols is 1. The summed E-state index contributed by atoms with van der Waals surface area (Å²) in [4.78, 5) is 30.3. The van der Waals surface area contributed by atoms with Crippen LogP contribution >= 0.6 is 11.3 Å². The lowest BCUT2D eigenvalue weighted by molar-refractivity contribution is -0.384. The van der Waals surface area contributed by atoms with Gasteiger partial charge < -0.3 is 5.11 Å². The molecule has 0 radical (unpaired) electrons. The predicted octanol–water partition coefficient (Wildman–Crippen LogP) is 3.93. The summed E-state index contributed by atoms with van der Waals surface area (Å²) in [5, 5.41) is 21.3. The van der Waals surface area contributed by atoms with Gasteiger partial charge in [-0.25, -0.2) is 4.99 Å². The molecule has 4 aromatic rings. The number of aryl methyl sites for hydroxylation is 1. The van der Waals surface area contributed by atoms with Crippen molar-refractivity contribution in [2.24, 2.45) is 4.99 Å². The molecule has 1 aliphatic carbocycles. The summed E-state index contributed by atoms with van der Waals surface area (Å²) in [5.74, 6) is 0.119. The number of nitro benzene ring substituents is 1. The van der Waals surface area contributed by atoms with Crippen LogP contribution in [0.25, 0.3) is 11.8 Å². The number of phenolic OH excluding ortho intramolecular Hbond substituents is 1. The third-order valence-corrected chi connectivity index (χ3v) is 7.42. The van der Waals surface area contributed by atoms with Gasteiger partial charge in [-0.3, -0.25) is 19.5 Å². The first-order chi connectivity index (χ1) is 17.0. The van der Waals surface area contributed by atoms with E-state index in [1.165, 1.54) is 23.0 Å². The molecule has 1 unspecified atom stereocenters. The van der Waals surface area contributed by atoms with Crippen LogP contribution in [0.2, 0.25) is 0 Å². The Morgan fingerprint density at radius 1 is 1.06 bits per heavy atom. The number of hydrogen-bond acceptors (Lipinski definition) is 6. The Kier molecular flexibility index (Phi) is 4.96. The number of non-ortho nitro benzene ring substituents is 1. The zero-order valence-corrected chi connectivity index (χ0v) is 19.2. The van der Waals surface area contributed by atoms with Crippen LogP contribution in [-0.2, 0) is 6.42 Å². The number of nitro groups is 1. The quantitative estimate of drug-likeness (QED) is 0.354. The van der Waals surface area contributed by atoms with Gasteiger partial charge >= 0.3 is 0 Å². The second kappa shape index (κ2) is 8.18. The fourth-order valence-electron chi connectivity index (χ4n) is 4.90. The minimum Gasteiger partial charge on any atom is -0.508 e. The molecule has 3 aromatic carbocycles. The molecule has 0 fully saturated rings. The molecule has 172 valence electrons. The van der Waals surface area contributed by atoms with E-state index < -0.39 is 11.0 Å². The molecule has 1 N–H and O–H groups in total. The third-order valence-electron chi connectivity index (χ3n) is 6.44. The van der Waals surface area contributed by atoms with E-state index in [0.29, 0.717) is 26.9 Å². The lowest BCUT2D eigenvalue weighted by Gasteiger charge is -2.30. The first kappa shape index (κ1) is 21.2. The van der Waals surface area contributed by atoms with Crippen LogP contribution in [0.3, 0.4) is 0 Å². The number of nitrogens with zero attached hydrogens (tertiary/aromatic N) is 3. The Morgan fingerprint density at radius 3 is 2.71 bits per heavy atom. The number of fused-ring (bicyclic) bond motifs is 3. The Balaban J connectivity index is 1.64. The number of benzene rings is 3. The molecule has 0 saturated heterocycles. The van der Waals surface area contributed by atoms with Crippen molar-refractivity contribution >= 4 is 28.8 Å². The van der Waals surface area contributed by atoms with Crippen LogP contribution in [0.5, 0.6) is 5.75 Å². The second-order valence-corrected chi connectivity index (χ2v) is 9.57. The van der Waals surface area contributed by atoms with E-state index in [1.54, 1.807) is 41.0 Å². The minimum atomic E-state index is -0.485. The Hall–Kier alpha value is -4.30. The minimum absolute atomic E-state index is 0.0141. The van der Waals surface area contributed by atoms with Gasteiger partial charge in [0.15, 0.2) is 4.80 Å². The molecular formula is C27H19N3O4S. The first-order valence-electron chi connectivity index (χ1n) is 11.2. The Labute approximate surface area is 203 Å². The molecule has 2 aliphatic rings. The van der Waals surface area contributed by atoms with Gasteiger partial charge in [0.1, 0.15) is 5.75 Å². The average Bonchev–Trinajstić information content (AvgIpc) is 3.17. The molecule has 6 rings (SSSR count). The molecule has 8 heteroatoms. The van der Waals surface area contributed by atoms with E-state index in [-0.39, 0.29) is 17.0 Å². The fraction of sp³-hybridized carbons (Fsp3) is 0.111. The van der Waals surface area contributed by atoms with Gasteiger partial charge in [0.05, 0.1) is 21.2 Å². The maximum Gasteiger partial charge on any atom is 0.271 e. The number of allylic oxidation sites excluding steroid dienone is 1. The van der Waals surface area contributed by atoms with E-state index in [9.17, 15) is 20.0 Å². The van der Waals surface area contributed by atoms with E-state index >= 15 is 0 Å². The standard InChI is InChI=1S/C27H19N3O4S/c31-20-9-3-5-16(13-20)14-23-26(32)29-25(18-7-4-8-19(15-18)30(33)34)22-12-11-17-6-1-2-10-21(17)24(22)28-27(29)35-23/h1-10,13-15,25,31H,11-12H2. The molecule has 0 bridgehead atoms. The molecule has 0 saturated carbocycles.